The van der Waals surface area contributed by atoms with Crippen molar-refractivity contribution >= 4 is 17.9 Å². The van der Waals surface area contributed by atoms with Gasteiger partial charge in [0.05, 0.1) is 24.7 Å². The number of amides is 1. The van der Waals surface area contributed by atoms with Crippen LogP contribution in [0.2, 0.25) is 0 Å². The predicted molar refractivity (Wildman–Crippen MR) is 106 cm³/mol. The lowest BCUT2D eigenvalue weighted by Gasteiger charge is -2.39. The summed E-state index contributed by atoms with van der Waals surface area (Å²) in [6.45, 7) is 5.74. The number of nitrogens with zero attached hydrogens (tertiary/aromatic N) is 4. The second-order valence-corrected chi connectivity index (χ2v) is 7.74. The number of aromatic carboxylic acids is 1. The lowest BCUT2D eigenvalue weighted by Crippen LogP contribution is -2.57. The van der Waals surface area contributed by atoms with Crippen molar-refractivity contribution in [2.75, 3.05) is 18.8 Å². The first-order chi connectivity index (χ1) is 14.1. The molecule has 1 fully saturated rings. The summed E-state index contributed by atoms with van der Waals surface area (Å²) in [6.07, 6.45) is -0.944. The number of aromatic nitrogens is 2. The first kappa shape index (κ1) is 20.9. The molecule has 0 bridgehead atoms. The van der Waals surface area contributed by atoms with Crippen LogP contribution in [0.1, 0.15) is 36.7 Å². The van der Waals surface area contributed by atoms with Crippen LogP contribution < -0.4 is 10.5 Å². The largest absolute Gasteiger partial charge is 0.477 e. The van der Waals surface area contributed by atoms with Gasteiger partial charge in [-0.15, -0.1) is 0 Å². The number of anilines is 1. The summed E-state index contributed by atoms with van der Waals surface area (Å²) in [5, 5.41) is 18.6. The molecule has 0 unspecified atom stereocenters. The molecule has 0 spiro atoms. The highest BCUT2D eigenvalue weighted by Crippen LogP contribution is 2.28. The fourth-order valence-corrected chi connectivity index (χ4v) is 2.75. The SMILES string of the molecule is CC(C)(C)OC(=O)N1CC(Oc2nc(-c3cccc(C#N)c3)nc(N)c2C(=O)O)C1. The van der Waals surface area contributed by atoms with Gasteiger partial charge in [0, 0.05) is 5.56 Å². The van der Waals surface area contributed by atoms with Crippen molar-refractivity contribution in [1.82, 2.24) is 14.9 Å². The minimum absolute atomic E-state index is 0.132. The molecule has 0 aliphatic carbocycles. The number of carbonyl (C=O) groups excluding carboxylic acids is 1. The zero-order valence-corrected chi connectivity index (χ0v) is 16.7. The number of rotatable bonds is 4. The fraction of sp³-hybridized carbons (Fsp3) is 0.350. The van der Waals surface area contributed by atoms with Crippen LogP contribution in [-0.4, -0.2) is 56.8 Å². The highest BCUT2D eigenvalue weighted by Gasteiger charge is 2.36. The first-order valence-electron chi connectivity index (χ1n) is 9.13. The molecule has 2 heterocycles. The molecule has 1 aromatic heterocycles. The number of carboxylic acids is 1. The molecule has 1 amide bonds. The molecule has 3 N–H and O–H groups in total. The van der Waals surface area contributed by atoms with Crippen LogP contribution >= 0.6 is 0 Å². The first-order valence-corrected chi connectivity index (χ1v) is 9.13. The van der Waals surface area contributed by atoms with Gasteiger partial charge in [-0.05, 0) is 32.9 Å². The quantitative estimate of drug-likeness (QED) is 0.771. The summed E-state index contributed by atoms with van der Waals surface area (Å²) < 4.78 is 11.0. The summed E-state index contributed by atoms with van der Waals surface area (Å²) in [6, 6.07) is 8.53. The number of nitrogens with two attached hydrogens (primary N) is 1. The number of ether oxygens (including phenoxy) is 2. The van der Waals surface area contributed by atoms with E-state index in [1.165, 1.54) is 4.90 Å². The molecule has 1 aliphatic heterocycles. The Kier molecular flexibility index (Phi) is 5.47. The molecule has 10 nitrogen and oxygen atoms in total. The third-order valence-corrected chi connectivity index (χ3v) is 4.15. The van der Waals surface area contributed by atoms with E-state index in [2.05, 4.69) is 9.97 Å². The molecule has 0 saturated carbocycles. The van der Waals surface area contributed by atoms with Crippen molar-refractivity contribution in [3.63, 3.8) is 0 Å². The van der Waals surface area contributed by atoms with Gasteiger partial charge in [0.1, 0.15) is 17.5 Å². The number of carboxylic acid groups (broad SMARTS) is 1. The van der Waals surface area contributed by atoms with E-state index in [1.54, 1.807) is 45.0 Å². The Labute approximate surface area is 172 Å². The van der Waals surface area contributed by atoms with Crippen LogP contribution in [0.3, 0.4) is 0 Å². The lowest BCUT2D eigenvalue weighted by atomic mass is 10.1. The van der Waals surface area contributed by atoms with Gasteiger partial charge < -0.3 is 25.2 Å². The van der Waals surface area contributed by atoms with Gasteiger partial charge in [-0.25, -0.2) is 14.6 Å². The molecule has 1 aliphatic rings. The van der Waals surface area contributed by atoms with E-state index >= 15 is 0 Å². The van der Waals surface area contributed by atoms with Crippen LogP contribution in [-0.2, 0) is 4.74 Å². The standard InChI is InChI=1S/C20H21N5O5/c1-20(2,3)30-19(28)25-9-13(10-25)29-17-14(18(26)27)15(22)23-16(24-17)12-6-4-5-11(7-12)8-21/h4-7,13H,9-10H2,1-3H3,(H,26,27)(H2,22,23,24). The van der Waals surface area contributed by atoms with Gasteiger partial charge in [0.2, 0.25) is 5.88 Å². The number of benzene rings is 1. The number of carbonyl (C=O) groups is 2. The Bertz CT molecular complexity index is 1030. The number of likely N-dealkylation sites (tertiary alicyclic amines) is 1. The van der Waals surface area contributed by atoms with Crippen LogP contribution in [0.5, 0.6) is 5.88 Å². The Balaban J connectivity index is 1.82. The summed E-state index contributed by atoms with van der Waals surface area (Å²) >= 11 is 0. The maximum Gasteiger partial charge on any atom is 0.410 e. The van der Waals surface area contributed by atoms with E-state index in [0.29, 0.717) is 11.1 Å². The molecule has 0 radical (unpaired) electrons. The maximum atomic E-state index is 12.0. The van der Waals surface area contributed by atoms with Crippen molar-refractivity contribution in [1.29, 1.82) is 5.26 Å². The molecule has 30 heavy (non-hydrogen) atoms. The number of nitrogen functional groups attached to an aromatic ring is 1. The molecule has 2 aromatic rings. The Morgan fingerprint density at radius 3 is 2.60 bits per heavy atom. The van der Waals surface area contributed by atoms with E-state index in [1.807, 2.05) is 6.07 Å². The number of nitriles is 1. The molecule has 156 valence electrons. The number of hydrogen-bond acceptors (Lipinski definition) is 8. The Hall–Kier alpha value is -3.87. The van der Waals surface area contributed by atoms with Crippen LogP contribution in [0.25, 0.3) is 11.4 Å². The van der Waals surface area contributed by atoms with Gasteiger partial charge in [0.25, 0.3) is 0 Å². The van der Waals surface area contributed by atoms with E-state index in [4.69, 9.17) is 20.5 Å². The van der Waals surface area contributed by atoms with Crippen molar-refractivity contribution in [2.24, 2.45) is 0 Å². The molecular formula is C20H21N5O5. The van der Waals surface area contributed by atoms with Crippen LogP contribution in [0, 0.1) is 11.3 Å². The van der Waals surface area contributed by atoms with Gasteiger partial charge in [-0.2, -0.15) is 10.2 Å². The summed E-state index contributed by atoms with van der Waals surface area (Å²) in [5.74, 6) is -1.65. The molecule has 0 atom stereocenters. The summed E-state index contributed by atoms with van der Waals surface area (Å²) in [5.41, 5.74) is 5.76. The molecule has 1 aromatic carbocycles. The summed E-state index contributed by atoms with van der Waals surface area (Å²) in [4.78, 5) is 33.4. The normalized spacial score (nSPS) is 13.9. The van der Waals surface area contributed by atoms with Gasteiger partial charge in [0.15, 0.2) is 11.4 Å². The number of hydrogen-bond donors (Lipinski definition) is 2. The molecular weight excluding hydrogens is 390 g/mol. The lowest BCUT2D eigenvalue weighted by molar-refractivity contribution is -0.0235. The van der Waals surface area contributed by atoms with Crippen LogP contribution in [0.4, 0.5) is 10.6 Å². The van der Waals surface area contributed by atoms with Gasteiger partial charge in [-0.1, -0.05) is 12.1 Å². The van der Waals surface area contributed by atoms with E-state index in [9.17, 15) is 14.7 Å². The zero-order chi connectivity index (χ0) is 22.1. The molecule has 1 saturated heterocycles. The second kappa shape index (κ2) is 7.87. The highest BCUT2D eigenvalue weighted by atomic mass is 16.6. The van der Waals surface area contributed by atoms with E-state index in [0.717, 1.165) is 0 Å². The maximum absolute atomic E-state index is 12.0. The third-order valence-electron chi connectivity index (χ3n) is 4.15. The minimum atomic E-state index is -1.33. The zero-order valence-electron chi connectivity index (χ0n) is 16.7. The fourth-order valence-electron chi connectivity index (χ4n) is 2.75. The van der Waals surface area contributed by atoms with Crippen LogP contribution in [0.15, 0.2) is 24.3 Å². The van der Waals surface area contributed by atoms with E-state index < -0.39 is 23.8 Å². The Morgan fingerprint density at radius 1 is 1.30 bits per heavy atom. The van der Waals surface area contributed by atoms with E-state index in [-0.39, 0.29) is 36.2 Å². The van der Waals surface area contributed by atoms with Gasteiger partial charge in [-0.3, -0.25) is 0 Å². The highest BCUT2D eigenvalue weighted by molar-refractivity contribution is 5.95. The van der Waals surface area contributed by atoms with Crippen molar-refractivity contribution in [2.45, 2.75) is 32.5 Å². The Morgan fingerprint density at radius 2 is 2.00 bits per heavy atom. The molecule has 10 heteroatoms. The summed E-state index contributed by atoms with van der Waals surface area (Å²) in [7, 11) is 0. The average Bonchev–Trinajstić information content (AvgIpc) is 2.62. The van der Waals surface area contributed by atoms with Crippen molar-refractivity contribution < 1.29 is 24.2 Å². The predicted octanol–water partition coefficient (Wildman–Crippen LogP) is 2.29. The van der Waals surface area contributed by atoms with Crippen molar-refractivity contribution in [3.05, 3.63) is 35.4 Å². The third kappa shape index (κ3) is 4.57. The smallest absolute Gasteiger partial charge is 0.410 e. The second-order valence-electron chi connectivity index (χ2n) is 7.74. The minimum Gasteiger partial charge on any atom is -0.477 e. The van der Waals surface area contributed by atoms with Crippen molar-refractivity contribution in [3.8, 4) is 23.3 Å². The molecule has 3 rings (SSSR count). The van der Waals surface area contributed by atoms with Gasteiger partial charge >= 0.3 is 12.1 Å². The monoisotopic (exact) mass is 411 g/mol. The topological polar surface area (TPSA) is 152 Å². The average molecular weight is 411 g/mol.